The topological polar surface area (TPSA) is 57.6 Å². The zero-order valence-corrected chi connectivity index (χ0v) is 10.8. The minimum Gasteiger partial charge on any atom is -0.506 e. The summed E-state index contributed by atoms with van der Waals surface area (Å²) >= 11 is 5.87. The Balaban J connectivity index is 2.04. The fourth-order valence-corrected chi connectivity index (χ4v) is 2.88. The predicted octanol–water partition coefficient (Wildman–Crippen LogP) is 2.50. The van der Waals surface area contributed by atoms with Crippen molar-refractivity contribution in [1.82, 2.24) is 0 Å². The van der Waals surface area contributed by atoms with E-state index in [1.54, 1.807) is 0 Å². The number of allylic oxidation sites excluding steroid dienone is 2. The van der Waals surface area contributed by atoms with E-state index in [4.69, 9.17) is 11.6 Å². The van der Waals surface area contributed by atoms with Crippen LogP contribution in [0.2, 0.25) is 5.02 Å². The van der Waals surface area contributed by atoms with Crippen molar-refractivity contribution >= 4 is 29.1 Å². The molecular formula is C14H12ClNO3. The van der Waals surface area contributed by atoms with Crippen LogP contribution < -0.4 is 4.90 Å². The average molecular weight is 278 g/mol. The van der Waals surface area contributed by atoms with Crippen LogP contribution in [0, 0.1) is 11.8 Å². The number of anilines is 1. The van der Waals surface area contributed by atoms with Gasteiger partial charge in [0.05, 0.1) is 17.5 Å². The van der Waals surface area contributed by atoms with Crippen molar-refractivity contribution in [3.05, 3.63) is 35.4 Å². The van der Waals surface area contributed by atoms with Gasteiger partial charge < -0.3 is 5.11 Å². The number of rotatable bonds is 1. The number of imide groups is 1. The van der Waals surface area contributed by atoms with Gasteiger partial charge in [0.15, 0.2) is 0 Å². The summed E-state index contributed by atoms with van der Waals surface area (Å²) in [5, 5.41) is 10.2. The van der Waals surface area contributed by atoms with Crippen LogP contribution in [0.25, 0.3) is 0 Å². The Hall–Kier alpha value is -1.81. The van der Waals surface area contributed by atoms with Crippen LogP contribution in [0.15, 0.2) is 30.4 Å². The number of nitrogens with zero attached hydrogens (tertiary/aromatic N) is 1. The molecule has 2 aliphatic rings. The number of halogens is 1. The summed E-state index contributed by atoms with van der Waals surface area (Å²) in [6, 6.07) is 4.34. The number of amides is 2. The number of benzene rings is 1. The van der Waals surface area contributed by atoms with Gasteiger partial charge in [0.1, 0.15) is 5.75 Å². The largest absolute Gasteiger partial charge is 0.506 e. The quantitative estimate of drug-likeness (QED) is 0.634. The van der Waals surface area contributed by atoms with Gasteiger partial charge in [0, 0.05) is 5.02 Å². The molecule has 2 atom stereocenters. The Labute approximate surface area is 115 Å². The number of hydrogen-bond acceptors (Lipinski definition) is 3. The second-order valence-corrected chi connectivity index (χ2v) is 5.24. The number of carbonyl (C=O) groups is 2. The minimum atomic E-state index is -0.309. The van der Waals surface area contributed by atoms with E-state index in [1.807, 2.05) is 12.2 Å². The Morgan fingerprint density at radius 1 is 1.11 bits per heavy atom. The highest BCUT2D eigenvalue weighted by Gasteiger charge is 2.48. The first-order chi connectivity index (χ1) is 9.09. The molecule has 1 aromatic carbocycles. The summed E-state index contributed by atoms with van der Waals surface area (Å²) in [5.41, 5.74) is 0.178. The maximum Gasteiger partial charge on any atom is 0.238 e. The fourth-order valence-electron chi connectivity index (χ4n) is 2.71. The number of phenols is 1. The lowest BCUT2D eigenvalue weighted by Gasteiger charge is -2.16. The summed E-state index contributed by atoms with van der Waals surface area (Å²) < 4.78 is 0. The van der Waals surface area contributed by atoms with E-state index in [0.29, 0.717) is 17.9 Å². The number of phenolic OH excluding ortho intramolecular Hbond substituents is 1. The number of fused-ring (bicyclic) bond motifs is 1. The van der Waals surface area contributed by atoms with Crippen LogP contribution in [0.5, 0.6) is 5.75 Å². The Morgan fingerprint density at radius 3 is 2.26 bits per heavy atom. The molecule has 1 N–H and O–H groups in total. The van der Waals surface area contributed by atoms with E-state index < -0.39 is 0 Å². The van der Waals surface area contributed by atoms with Crippen molar-refractivity contribution < 1.29 is 14.7 Å². The molecule has 1 heterocycles. The van der Waals surface area contributed by atoms with Gasteiger partial charge in [-0.25, -0.2) is 4.90 Å². The van der Waals surface area contributed by atoms with E-state index in [0.717, 1.165) is 4.90 Å². The van der Waals surface area contributed by atoms with Gasteiger partial charge in [-0.1, -0.05) is 23.8 Å². The lowest BCUT2D eigenvalue weighted by molar-refractivity contribution is -0.122. The molecule has 1 aliphatic heterocycles. The molecule has 1 fully saturated rings. The van der Waals surface area contributed by atoms with E-state index in [-0.39, 0.29) is 35.1 Å². The Bertz CT molecular complexity index is 570. The van der Waals surface area contributed by atoms with Crippen LogP contribution in [0.3, 0.4) is 0 Å². The lowest BCUT2D eigenvalue weighted by Crippen LogP contribution is -2.30. The maximum absolute atomic E-state index is 12.3. The van der Waals surface area contributed by atoms with Crippen molar-refractivity contribution in [3.8, 4) is 5.75 Å². The zero-order chi connectivity index (χ0) is 13.6. The standard InChI is InChI=1S/C14H12ClNO3/c15-8-5-6-12(17)11(7-8)16-13(18)9-3-1-2-4-10(9)14(16)19/h1-2,5-7,9-10,17H,3-4H2/t9-,10+. The van der Waals surface area contributed by atoms with Crippen molar-refractivity contribution in [2.75, 3.05) is 4.90 Å². The third kappa shape index (κ3) is 1.83. The highest BCUT2D eigenvalue weighted by atomic mass is 35.5. The third-order valence-electron chi connectivity index (χ3n) is 3.69. The van der Waals surface area contributed by atoms with Crippen LogP contribution in [0.4, 0.5) is 5.69 Å². The summed E-state index contributed by atoms with van der Waals surface area (Å²) in [6.07, 6.45) is 5.00. The molecular weight excluding hydrogens is 266 g/mol. The molecule has 1 aliphatic carbocycles. The predicted molar refractivity (Wildman–Crippen MR) is 71.0 cm³/mol. The smallest absolute Gasteiger partial charge is 0.238 e. The normalized spacial score (nSPS) is 25.8. The van der Waals surface area contributed by atoms with Gasteiger partial charge in [0.25, 0.3) is 0 Å². The van der Waals surface area contributed by atoms with E-state index >= 15 is 0 Å². The highest BCUT2D eigenvalue weighted by molar-refractivity contribution is 6.31. The van der Waals surface area contributed by atoms with Gasteiger partial charge in [-0.05, 0) is 31.0 Å². The summed E-state index contributed by atoms with van der Waals surface area (Å²) in [5.74, 6) is -1.24. The molecule has 98 valence electrons. The minimum absolute atomic E-state index is 0.113. The molecule has 1 saturated heterocycles. The summed E-state index contributed by atoms with van der Waals surface area (Å²) in [7, 11) is 0. The van der Waals surface area contributed by atoms with Gasteiger partial charge in [-0.15, -0.1) is 0 Å². The number of hydrogen-bond donors (Lipinski definition) is 1. The molecule has 0 saturated carbocycles. The third-order valence-corrected chi connectivity index (χ3v) is 3.92. The first kappa shape index (κ1) is 12.2. The van der Waals surface area contributed by atoms with Crippen LogP contribution in [-0.4, -0.2) is 16.9 Å². The molecule has 4 nitrogen and oxygen atoms in total. The molecule has 5 heteroatoms. The first-order valence-corrected chi connectivity index (χ1v) is 6.48. The lowest BCUT2D eigenvalue weighted by atomic mass is 9.85. The molecule has 0 radical (unpaired) electrons. The molecule has 0 bridgehead atoms. The molecule has 1 aromatic rings. The molecule has 0 unspecified atom stereocenters. The van der Waals surface area contributed by atoms with Gasteiger partial charge in [-0.3, -0.25) is 9.59 Å². The number of aromatic hydroxyl groups is 1. The Morgan fingerprint density at radius 2 is 1.68 bits per heavy atom. The van der Waals surface area contributed by atoms with Gasteiger partial charge in [-0.2, -0.15) is 0 Å². The maximum atomic E-state index is 12.3. The molecule has 0 spiro atoms. The summed E-state index contributed by atoms with van der Waals surface area (Å²) in [4.78, 5) is 25.7. The van der Waals surface area contributed by atoms with Gasteiger partial charge >= 0.3 is 0 Å². The Kier molecular flexibility index (Phi) is 2.82. The molecule has 2 amide bonds. The molecule has 3 rings (SSSR count). The van der Waals surface area contributed by atoms with E-state index in [1.165, 1.54) is 18.2 Å². The van der Waals surface area contributed by atoms with E-state index in [2.05, 4.69) is 0 Å². The van der Waals surface area contributed by atoms with Crippen LogP contribution >= 0.6 is 11.6 Å². The second kappa shape index (κ2) is 4.38. The van der Waals surface area contributed by atoms with Crippen LogP contribution in [-0.2, 0) is 9.59 Å². The van der Waals surface area contributed by atoms with Crippen molar-refractivity contribution in [1.29, 1.82) is 0 Å². The van der Waals surface area contributed by atoms with Gasteiger partial charge in [0.2, 0.25) is 11.8 Å². The SMILES string of the molecule is O=C1[C@H]2CC=CC[C@H]2C(=O)N1c1cc(Cl)ccc1O. The number of carbonyl (C=O) groups excluding carboxylic acids is 2. The molecule has 0 aromatic heterocycles. The van der Waals surface area contributed by atoms with Crippen molar-refractivity contribution in [2.45, 2.75) is 12.8 Å². The first-order valence-electron chi connectivity index (χ1n) is 6.11. The monoisotopic (exact) mass is 277 g/mol. The highest BCUT2D eigenvalue weighted by Crippen LogP contribution is 2.41. The second-order valence-electron chi connectivity index (χ2n) is 4.80. The zero-order valence-electron chi connectivity index (χ0n) is 10.0. The van der Waals surface area contributed by atoms with Crippen molar-refractivity contribution in [2.24, 2.45) is 11.8 Å². The summed E-state index contributed by atoms with van der Waals surface area (Å²) in [6.45, 7) is 0. The van der Waals surface area contributed by atoms with E-state index in [9.17, 15) is 14.7 Å². The molecule has 19 heavy (non-hydrogen) atoms. The fraction of sp³-hybridized carbons (Fsp3) is 0.286. The van der Waals surface area contributed by atoms with Crippen molar-refractivity contribution in [3.63, 3.8) is 0 Å². The average Bonchev–Trinajstić information content (AvgIpc) is 2.66. The van der Waals surface area contributed by atoms with Crippen LogP contribution in [0.1, 0.15) is 12.8 Å².